The Morgan fingerprint density at radius 2 is 1.89 bits per heavy atom. The summed E-state index contributed by atoms with van der Waals surface area (Å²) in [5, 5.41) is 10.1. The van der Waals surface area contributed by atoms with Gasteiger partial charge in [0.1, 0.15) is 5.82 Å². The number of rotatable bonds is 4. The van der Waals surface area contributed by atoms with Crippen molar-refractivity contribution >= 4 is 29.2 Å². The molecule has 0 saturated carbocycles. The number of anilines is 1. The van der Waals surface area contributed by atoms with E-state index < -0.39 is 0 Å². The van der Waals surface area contributed by atoms with Gasteiger partial charge < -0.3 is 10.0 Å². The largest absolute Gasteiger partial charge is 0.395 e. The number of thioether (sulfide) groups is 1. The monoisotopic (exact) mass is 397 g/mol. The van der Waals surface area contributed by atoms with Crippen LogP contribution in [-0.2, 0) is 6.42 Å². The predicted octanol–water partition coefficient (Wildman–Crippen LogP) is 4.54. The summed E-state index contributed by atoms with van der Waals surface area (Å²) < 4.78 is 0. The van der Waals surface area contributed by atoms with E-state index in [4.69, 9.17) is 21.6 Å². The minimum atomic E-state index is 0.0802. The van der Waals surface area contributed by atoms with Crippen LogP contribution in [0.4, 0.5) is 5.82 Å². The SMILES string of the molecule is CN(CCO)c1nc(-c2ccc(Cl)cc2)nc2c1CCSc1ccccc1-2. The van der Waals surface area contributed by atoms with Crippen LogP contribution >= 0.6 is 23.4 Å². The van der Waals surface area contributed by atoms with E-state index in [1.54, 1.807) is 0 Å². The van der Waals surface area contributed by atoms with Gasteiger partial charge in [0.05, 0.1) is 12.3 Å². The van der Waals surface area contributed by atoms with Gasteiger partial charge in [0.2, 0.25) is 0 Å². The highest BCUT2D eigenvalue weighted by atomic mass is 35.5. The van der Waals surface area contributed by atoms with E-state index in [0.29, 0.717) is 17.4 Å². The normalized spacial score (nSPS) is 12.9. The second-order valence-corrected chi connectivity index (χ2v) is 8.02. The summed E-state index contributed by atoms with van der Waals surface area (Å²) in [5.74, 6) is 2.54. The summed E-state index contributed by atoms with van der Waals surface area (Å²) in [4.78, 5) is 13.1. The van der Waals surface area contributed by atoms with Crippen molar-refractivity contribution in [2.75, 3.05) is 30.9 Å². The molecule has 3 aromatic rings. The predicted molar refractivity (Wildman–Crippen MR) is 113 cm³/mol. The third-order valence-corrected chi connectivity index (χ3v) is 5.96. The zero-order valence-corrected chi connectivity index (χ0v) is 16.6. The number of hydrogen-bond donors (Lipinski definition) is 1. The van der Waals surface area contributed by atoms with Gasteiger partial charge in [-0.05, 0) is 36.8 Å². The number of benzene rings is 2. The molecule has 4 rings (SSSR count). The molecule has 27 heavy (non-hydrogen) atoms. The number of aromatic nitrogens is 2. The maximum absolute atomic E-state index is 9.43. The van der Waals surface area contributed by atoms with Crippen LogP contribution in [0.1, 0.15) is 5.56 Å². The van der Waals surface area contributed by atoms with Crippen molar-refractivity contribution in [3.8, 4) is 22.6 Å². The Bertz CT molecular complexity index is 962. The summed E-state index contributed by atoms with van der Waals surface area (Å²) in [6.07, 6.45) is 0.890. The number of fused-ring (bicyclic) bond motifs is 3. The minimum Gasteiger partial charge on any atom is -0.395 e. The lowest BCUT2D eigenvalue weighted by Crippen LogP contribution is -2.24. The molecule has 0 amide bonds. The van der Waals surface area contributed by atoms with Crippen LogP contribution in [0, 0.1) is 0 Å². The first kappa shape index (κ1) is 18.3. The quantitative estimate of drug-likeness (QED) is 0.700. The maximum atomic E-state index is 9.43. The first-order valence-electron chi connectivity index (χ1n) is 8.88. The van der Waals surface area contributed by atoms with Crippen molar-refractivity contribution < 1.29 is 5.11 Å². The van der Waals surface area contributed by atoms with Crippen LogP contribution in [0.25, 0.3) is 22.6 Å². The molecule has 0 fully saturated rings. The van der Waals surface area contributed by atoms with Crippen molar-refractivity contribution in [3.05, 3.63) is 59.1 Å². The molecule has 6 heteroatoms. The Kier molecular flexibility index (Phi) is 5.34. The average Bonchev–Trinajstić information content (AvgIpc) is 2.87. The molecular weight excluding hydrogens is 378 g/mol. The number of aliphatic hydroxyl groups excluding tert-OH is 1. The molecule has 1 aliphatic rings. The van der Waals surface area contributed by atoms with Crippen molar-refractivity contribution in [2.24, 2.45) is 0 Å². The molecule has 0 atom stereocenters. The molecule has 1 aliphatic heterocycles. The van der Waals surface area contributed by atoms with Gasteiger partial charge in [-0.3, -0.25) is 0 Å². The van der Waals surface area contributed by atoms with Gasteiger partial charge in [-0.25, -0.2) is 9.97 Å². The summed E-state index contributed by atoms with van der Waals surface area (Å²) >= 11 is 7.90. The Hall–Kier alpha value is -2.08. The molecule has 1 aromatic heterocycles. The van der Waals surface area contributed by atoms with E-state index in [2.05, 4.69) is 24.3 Å². The summed E-state index contributed by atoms with van der Waals surface area (Å²) in [7, 11) is 1.97. The molecule has 0 aliphatic carbocycles. The molecule has 1 N–H and O–H groups in total. The van der Waals surface area contributed by atoms with Crippen LogP contribution < -0.4 is 4.90 Å². The van der Waals surface area contributed by atoms with Crippen molar-refractivity contribution in [2.45, 2.75) is 11.3 Å². The highest BCUT2D eigenvalue weighted by molar-refractivity contribution is 7.99. The van der Waals surface area contributed by atoms with E-state index in [1.165, 1.54) is 4.90 Å². The third-order valence-electron chi connectivity index (χ3n) is 4.64. The smallest absolute Gasteiger partial charge is 0.162 e. The average molecular weight is 398 g/mol. The van der Waals surface area contributed by atoms with E-state index in [1.807, 2.05) is 48.0 Å². The van der Waals surface area contributed by atoms with Gasteiger partial charge in [0, 0.05) is 46.0 Å². The Balaban J connectivity index is 1.95. The number of nitrogens with zero attached hydrogens (tertiary/aromatic N) is 3. The lowest BCUT2D eigenvalue weighted by Gasteiger charge is -2.22. The molecule has 4 nitrogen and oxygen atoms in total. The Labute approximate surface area is 168 Å². The van der Waals surface area contributed by atoms with Crippen molar-refractivity contribution in [1.82, 2.24) is 9.97 Å². The number of aliphatic hydroxyl groups is 1. The van der Waals surface area contributed by atoms with Crippen LogP contribution in [0.2, 0.25) is 5.02 Å². The van der Waals surface area contributed by atoms with E-state index >= 15 is 0 Å². The van der Waals surface area contributed by atoms with Gasteiger partial charge in [-0.15, -0.1) is 11.8 Å². The molecule has 0 saturated heterocycles. The molecule has 0 radical (unpaired) electrons. The molecule has 2 heterocycles. The summed E-state index contributed by atoms with van der Waals surface area (Å²) in [6.45, 7) is 0.606. The van der Waals surface area contributed by atoms with Gasteiger partial charge in [0.15, 0.2) is 5.82 Å². The molecular formula is C21H20ClN3OS. The van der Waals surface area contributed by atoms with Gasteiger partial charge in [0.25, 0.3) is 0 Å². The molecule has 0 spiro atoms. The van der Waals surface area contributed by atoms with Crippen LogP contribution in [0.5, 0.6) is 0 Å². The van der Waals surface area contributed by atoms with Crippen LogP contribution in [0.15, 0.2) is 53.4 Å². The number of hydrogen-bond acceptors (Lipinski definition) is 5. The molecule has 2 aromatic carbocycles. The van der Waals surface area contributed by atoms with E-state index in [0.717, 1.165) is 40.4 Å². The second kappa shape index (κ2) is 7.89. The van der Waals surface area contributed by atoms with Crippen molar-refractivity contribution in [1.29, 1.82) is 0 Å². The first-order valence-corrected chi connectivity index (χ1v) is 10.2. The van der Waals surface area contributed by atoms with Crippen LogP contribution in [0.3, 0.4) is 0 Å². The van der Waals surface area contributed by atoms with Gasteiger partial charge in [-0.1, -0.05) is 29.8 Å². The van der Waals surface area contributed by atoms with E-state index in [-0.39, 0.29) is 6.61 Å². The maximum Gasteiger partial charge on any atom is 0.162 e. The number of halogens is 1. The van der Waals surface area contributed by atoms with Gasteiger partial charge >= 0.3 is 0 Å². The van der Waals surface area contributed by atoms with Gasteiger partial charge in [-0.2, -0.15) is 0 Å². The van der Waals surface area contributed by atoms with E-state index in [9.17, 15) is 5.11 Å². The molecule has 0 unspecified atom stereocenters. The standard InChI is InChI=1S/C21H20ClN3OS/c1-25(11-12-26)21-17-10-13-27-18-5-3-2-4-16(18)19(17)23-20(24-21)14-6-8-15(22)9-7-14/h2-9,26H,10-13H2,1H3. The highest BCUT2D eigenvalue weighted by Gasteiger charge is 2.23. The topological polar surface area (TPSA) is 49.2 Å². The molecule has 138 valence electrons. The zero-order valence-electron chi connectivity index (χ0n) is 15.0. The first-order chi connectivity index (χ1) is 13.2. The third kappa shape index (κ3) is 3.68. The van der Waals surface area contributed by atoms with Crippen LogP contribution in [-0.4, -0.2) is 41.0 Å². The fraction of sp³-hybridized carbons (Fsp3) is 0.238. The lowest BCUT2D eigenvalue weighted by molar-refractivity contribution is 0.303. The molecule has 0 bridgehead atoms. The fourth-order valence-corrected chi connectivity index (χ4v) is 4.42. The second-order valence-electron chi connectivity index (χ2n) is 6.44. The summed E-state index contributed by atoms with van der Waals surface area (Å²) in [5.41, 5.74) is 4.19. The Morgan fingerprint density at radius 1 is 1.11 bits per heavy atom. The zero-order chi connectivity index (χ0) is 18.8. The highest BCUT2D eigenvalue weighted by Crippen LogP contribution is 2.40. The Morgan fingerprint density at radius 3 is 2.67 bits per heavy atom. The summed E-state index contributed by atoms with van der Waals surface area (Å²) in [6, 6.07) is 16.0. The fourth-order valence-electron chi connectivity index (χ4n) is 3.28. The van der Waals surface area contributed by atoms with Crippen molar-refractivity contribution in [3.63, 3.8) is 0 Å². The minimum absolute atomic E-state index is 0.0802. The lowest BCUT2D eigenvalue weighted by atomic mass is 10.0. The number of likely N-dealkylation sites (N-methyl/N-ethyl adjacent to an activating group) is 1.